The lowest BCUT2D eigenvalue weighted by molar-refractivity contribution is 0.404. The van der Waals surface area contributed by atoms with Crippen molar-refractivity contribution in [2.45, 2.75) is 49.3 Å². The molecule has 2 atom stereocenters. The minimum Gasteiger partial charge on any atom is -0.604 e. The normalized spacial score (nSPS) is 23.7. The quantitative estimate of drug-likeness (QED) is 0.674. The van der Waals surface area contributed by atoms with E-state index < -0.39 is 18.3 Å². The predicted molar refractivity (Wildman–Crippen MR) is 90.3 cm³/mol. The molecule has 0 fully saturated rings. The number of anilines is 1. The van der Waals surface area contributed by atoms with E-state index >= 15 is 0 Å². The van der Waals surface area contributed by atoms with E-state index in [-0.39, 0.29) is 16.7 Å². The number of fused-ring (bicyclic) bond motifs is 2. The highest BCUT2D eigenvalue weighted by Gasteiger charge is 2.50. The van der Waals surface area contributed by atoms with Crippen LogP contribution in [0.2, 0.25) is 0 Å². The molecule has 0 saturated carbocycles. The van der Waals surface area contributed by atoms with Crippen LogP contribution in [0.25, 0.3) is 0 Å². The summed E-state index contributed by atoms with van der Waals surface area (Å²) in [4.78, 5) is 0.580. The Morgan fingerprint density at radius 1 is 1.23 bits per heavy atom. The molecule has 2 unspecified atom stereocenters. The molecular weight excluding hydrogens is 317 g/mol. The van der Waals surface area contributed by atoms with E-state index in [1.54, 1.807) is 12.1 Å². The lowest BCUT2D eigenvalue weighted by Crippen LogP contribution is -2.34. The number of benzene rings is 1. The van der Waals surface area contributed by atoms with Crippen molar-refractivity contribution in [3.63, 3.8) is 0 Å². The van der Waals surface area contributed by atoms with E-state index in [4.69, 9.17) is 10.2 Å². The van der Waals surface area contributed by atoms with Gasteiger partial charge in [-0.2, -0.15) is 0 Å². The van der Waals surface area contributed by atoms with Crippen molar-refractivity contribution in [3.8, 4) is 0 Å². The molecule has 1 aromatic heterocycles. The van der Waals surface area contributed by atoms with Gasteiger partial charge in [0.05, 0.1) is 22.2 Å². The summed E-state index contributed by atoms with van der Waals surface area (Å²) in [6.07, 6.45) is 0. The van der Waals surface area contributed by atoms with E-state index in [2.05, 4.69) is 0 Å². The van der Waals surface area contributed by atoms with Gasteiger partial charge in [-0.05, 0) is 12.1 Å². The first-order valence-electron chi connectivity index (χ1n) is 7.34. The maximum atomic E-state index is 13.9. The lowest BCUT2D eigenvalue weighted by atomic mass is 10.1. The van der Waals surface area contributed by atoms with Gasteiger partial charge in [-0.3, -0.25) is 0 Å². The summed E-state index contributed by atoms with van der Waals surface area (Å²) in [5, 5.41) is 1.40. The average Bonchev–Trinajstić information content (AvgIpc) is 2.83. The number of nitrogens with two attached hydrogens (primary N) is 1. The summed E-state index contributed by atoms with van der Waals surface area (Å²) in [6.45, 7) is 7.74. The Hall–Kier alpha value is -1.16. The van der Waals surface area contributed by atoms with Crippen LogP contribution in [0.5, 0.6) is 0 Å². The van der Waals surface area contributed by atoms with Crippen LogP contribution in [-0.2, 0) is 15.7 Å². The van der Waals surface area contributed by atoms with Gasteiger partial charge < -0.3 is 19.3 Å². The molecule has 4 nitrogen and oxygen atoms in total. The minimum absolute atomic E-state index is 0.0475. The fourth-order valence-corrected chi connectivity index (χ4v) is 8.17. The van der Waals surface area contributed by atoms with E-state index in [0.717, 1.165) is 0 Å². The maximum absolute atomic E-state index is 13.9. The number of nitrogen functional groups attached to an aromatic ring is 1. The van der Waals surface area contributed by atoms with Crippen LogP contribution < -0.4 is 16.3 Å². The molecule has 6 heteroatoms. The molecule has 0 radical (unpaired) electrons. The second-order valence-electron chi connectivity index (χ2n) is 6.16. The molecule has 0 aliphatic carbocycles. The molecule has 0 spiro atoms. The van der Waals surface area contributed by atoms with Crippen molar-refractivity contribution in [1.82, 2.24) is 0 Å². The van der Waals surface area contributed by atoms with Gasteiger partial charge in [0, 0.05) is 11.6 Å². The third-order valence-electron chi connectivity index (χ3n) is 4.09. The van der Waals surface area contributed by atoms with Crippen molar-refractivity contribution in [2.75, 3.05) is 5.73 Å². The van der Waals surface area contributed by atoms with Crippen LogP contribution in [-0.4, -0.2) is 10.2 Å². The van der Waals surface area contributed by atoms with Crippen LogP contribution >= 0.6 is 7.14 Å². The molecule has 1 aliphatic heterocycles. The highest BCUT2D eigenvalue weighted by molar-refractivity contribution is 7.95. The van der Waals surface area contributed by atoms with E-state index in [0.29, 0.717) is 27.0 Å². The summed E-state index contributed by atoms with van der Waals surface area (Å²) in [7, 11) is -2.97. The minimum atomic E-state index is -2.97. The average molecular weight is 337 g/mol. The molecule has 2 aromatic rings. The zero-order chi connectivity index (χ0) is 16.2. The largest absolute Gasteiger partial charge is 0.604 e. The van der Waals surface area contributed by atoms with Gasteiger partial charge in [0.15, 0.2) is 12.0 Å². The van der Waals surface area contributed by atoms with Crippen molar-refractivity contribution in [1.29, 1.82) is 0 Å². The Morgan fingerprint density at radius 3 is 2.45 bits per heavy atom. The topological polar surface area (TPSA) is 79.3 Å². The molecule has 0 bridgehead atoms. The molecule has 2 heterocycles. The molecule has 22 heavy (non-hydrogen) atoms. The number of hydrogen-bond acceptors (Lipinski definition) is 4. The molecule has 2 N–H and O–H groups in total. The SMILES string of the molecule is CC(C)c1oc2c(c1N)P(=O)(C(C)C)c1ccccc1[S+]2[O-]. The molecule has 3 rings (SSSR count). The number of rotatable bonds is 2. The maximum Gasteiger partial charge on any atom is 0.330 e. The Bertz CT molecular complexity index is 782. The van der Waals surface area contributed by atoms with Gasteiger partial charge in [0.2, 0.25) is 0 Å². The summed E-state index contributed by atoms with van der Waals surface area (Å²) in [5.74, 6) is 0.623. The number of furan rings is 1. The van der Waals surface area contributed by atoms with Crippen molar-refractivity contribution >= 4 is 34.6 Å². The van der Waals surface area contributed by atoms with Crippen LogP contribution in [0.1, 0.15) is 39.4 Å². The van der Waals surface area contributed by atoms with Crippen molar-refractivity contribution in [2.24, 2.45) is 0 Å². The number of hydrogen-bond donors (Lipinski definition) is 1. The van der Waals surface area contributed by atoms with E-state index in [1.807, 2.05) is 39.8 Å². The first kappa shape index (κ1) is 15.7. The highest BCUT2D eigenvalue weighted by atomic mass is 32.2. The summed E-state index contributed by atoms with van der Waals surface area (Å²) in [6, 6.07) is 7.20. The predicted octanol–water partition coefficient (Wildman–Crippen LogP) is 3.19. The van der Waals surface area contributed by atoms with Gasteiger partial charge in [0.1, 0.15) is 11.1 Å². The highest BCUT2D eigenvalue weighted by Crippen LogP contribution is 2.57. The summed E-state index contributed by atoms with van der Waals surface area (Å²) >= 11 is -1.48. The van der Waals surface area contributed by atoms with Gasteiger partial charge in [-0.1, -0.05) is 39.8 Å². The molecule has 118 valence electrons. The van der Waals surface area contributed by atoms with Crippen molar-refractivity contribution < 1.29 is 13.5 Å². The van der Waals surface area contributed by atoms with Crippen LogP contribution in [0.15, 0.2) is 38.7 Å². The zero-order valence-electron chi connectivity index (χ0n) is 13.1. The molecule has 0 saturated heterocycles. The molecule has 0 amide bonds. The smallest absolute Gasteiger partial charge is 0.330 e. The molecular formula is C16H20NO3PS. The molecule has 1 aliphatic rings. The molecule has 1 aromatic carbocycles. The van der Waals surface area contributed by atoms with Crippen LogP contribution in [0.4, 0.5) is 5.69 Å². The second kappa shape index (κ2) is 5.19. The summed E-state index contributed by atoms with van der Waals surface area (Å²) in [5.41, 5.74) is 6.53. The lowest BCUT2D eigenvalue weighted by Gasteiger charge is -2.28. The third-order valence-corrected chi connectivity index (χ3v) is 9.44. The third kappa shape index (κ3) is 1.92. The Kier molecular flexibility index (Phi) is 3.71. The van der Waals surface area contributed by atoms with Gasteiger partial charge >= 0.3 is 5.09 Å². The van der Waals surface area contributed by atoms with Crippen LogP contribution in [0.3, 0.4) is 0 Å². The fraction of sp³-hybridized carbons (Fsp3) is 0.375. The Morgan fingerprint density at radius 2 is 1.86 bits per heavy atom. The van der Waals surface area contributed by atoms with Crippen molar-refractivity contribution in [3.05, 3.63) is 30.0 Å². The standard InChI is InChI=1S/C16H20NO3PS/c1-9(2)14-13(17)15-16(20-14)22(19)12-8-6-5-7-11(12)21(15,18)10(3)4/h5-10H,17H2,1-4H3. The van der Waals surface area contributed by atoms with E-state index in [1.165, 1.54) is 0 Å². The fourth-order valence-electron chi connectivity index (χ4n) is 2.94. The van der Waals surface area contributed by atoms with E-state index in [9.17, 15) is 9.12 Å². The Balaban J connectivity index is 2.40. The monoisotopic (exact) mass is 337 g/mol. The second-order valence-corrected chi connectivity index (χ2v) is 10.8. The summed E-state index contributed by atoms with van der Waals surface area (Å²) < 4.78 is 32.6. The van der Waals surface area contributed by atoms with Crippen LogP contribution in [0, 0.1) is 0 Å². The first-order valence-corrected chi connectivity index (χ1v) is 10.3. The zero-order valence-corrected chi connectivity index (χ0v) is 14.8. The first-order chi connectivity index (χ1) is 10.3. The Labute approximate surface area is 133 Å². The van der Waals surface area contributed by atoms with Gasteiger partial charge in [-0.25, -0.2) is 0 Å². The van der Waals surface area contributed by atoms with Gasteiger partial charge in [-0.15, -0.1) is 0 Å². The van der Waals surface area contributed by atoms with Gasteiger partial charge in [0.25, 0.3) is 0 Å².